The van der Waals surface area contributed by atoms with Crippen LogP contribution < -0.4 is 5.32 Å². The monoisotopic (exact) mass is 269 g/mol. The summed E-state index contributed by atoms with van der Waals surface area (Å²) in [5, 5.41) is 10.9. The van der Waals surface area contributed by atoms with Crippen molar-refractivity contribution in [1.29, 1.82) is 0 Å². The number of carboxylic acid groups (broad SMARTS) is 1. The van der Waals surface area contributed by atoms with Gasteiger partial charge in [-0.3, -0.25) is 4.79 Å². The molecule has 1 unspecified atom stereocenters. The van der Waals surface area contributed by atoms with Gasteiger partial charge in [-0.05, 0) is 24.6 Å². The fourth-order valence-electron chi connectivity index (χ4n) is 1.49. The quantitative estimate of drug-likeness (QED) is 0.728. The molecule has 104 valence electrons. The maximum atomic E-state index is 13.0. The van der Waals surface area contributed by atoms with Crippen LogP contribution in [0, 0.1) is 5.82 Å². The second-order valence-electron chi connectivity index (χ2n) is 4.01. The van der Waals surface area contributed by atoms with Crippen LogP contribution in [0.4, 0.5) is 4.39 Å². The number of halogens is 1. The van der Waals surface area contributed by atoms with E-state index in [4.69, 9.17) is 9.84 Å². The van der Waals surface area contributed by atoms with E-state index in [1.54, 1.807) is 19.1 Å². The van der Waals surface area contributed by atoms with Crippen molar-refractivity contribution in [2.75, 3.05) is 19.8 Å². The highest BCUT2D eigenvalue weighted by atomic mass is 19.1. The molecule has 0 saturated heterocycles. The Kier molecular flexibility index (Phi) is 5.95. The molecule has 0 aromatic heterocycles. The minimum absolute atomic E-state index is 0.119. The number of carboxylic acids is 1. The van der Waals surface area contributed by atoms with E-state index in [2.05, 4.69) is 5.32 Å². The smallest absolute Gasteiger partial charge is 0.329 e. The number of rotatable bonds is 7. The van der Waals surface area contributed by atoms with Crippen molar-refractivity contribution >= 4 is 11.9 Å². The molecule has 1 amide bonds. The molecule has 0 aliphatic carbocycles. The van der Waals surface area contributed by atoms with Gasteiger partial charge < -0.3 is 15.2 Å². The first kappa shape index (κ1) is 15.1. The van der Waals surface area contributed by atoms with Crippen molar-refractivity contribution in [3.63, 3.8) is 0 Å². The van der Waals surface area contributed by atoms with Crippen LogP contribution in [0.2, 0.25) is 0 Å². The van der Waals surface area contributed by atoms with E-state index in [-0.39, 0.29) is 24.9 Å². The minimum Gasteiger partial charge on any atom is -0.480 e. The number of aliphatic carboxylic acids is 1. The van der Waals surface area contributed by atoms with E-state index >= 15 is 0 Å². The van der Waals surface area contributed by atoms with Crippen LogP contribution in [0.1, 0.15) is 18.4 Å². The summed E-state index contributed by atoms with van der Waals surface area (Å²) in [6.45, 7) is 1.61. The van der Waals surface area contributed by atoms with Crippen molar-refractivity contribution in [2.24, 2.45) is 0 Å². The van der Waals surface area contributed by atoms with E-state index in [1.165, 1.54) is 12.1 Å². The van der Waals surface area contributed by atoms with Gasteiger partial charge in [0.1, 0.15) is 12.4 Å². The third kappa shape index (κ3) is 5.48. The van der Waals surface area contributed by atoms with Gasteiger partial charge in [-0.25, -0.2) is 9.18 Å². The molecule has 0 spiro atoms. The van der Waals surface area contributed by atoms with Crippen LogP contribution in [0.15, 0.2) is 24.3 Å². The van der Waals surface area contributed by atoms with Crippen LogP contribution in [0.5, 0.6) is 0 Å². The molecule has 0 saturated carbocycles. The molecule has 0 bridgehead atoms. The Bertz CT molecular complexity index is 450. The topological polar surface area (TPSA) is 75.6 Å². The van der Waals surface area contributed by atoms with Gasteiger partial charge in [-0.2, -0.15) is 0 Å². The molecule has 1 atom stereocenters. The first-order valence-electron chi connectivity index (χ1n) is 5.83. The standard InChI is InChI=1S/C13H16FNO4/c1-9(10-3-2-4-11(14)7-10)13(18)15-5-6-19-8-12(16)17/h2-4,7,9H,5-6,8H2,1H3,(H,15,18)(H,16,17). The van der Waals surface area contributed by atoms with E-state index in [0.717, 1.165) is 0 Å². The highest BCUT2D eigenvalue weighted by Gasteiger charge is 2.14. The summed E-state index contributed by atoms with van der Waals surface area (Å²) >= 11 is 0. The highest BCUT2D eigenvalue weighted by Crippen LogP contribution is 2.15. The summed E-state index contributed by atoms with van der Waals surface area (Å²) in [5.41, 5.74) is 0.587. The Hall–Kier alpha value is -1.95. The zero-order valence-corrected chi connectivity index (χ0v) is 10.6. The van der Waals surface area contributed by atoms with Crippen LogP contribution in [0.25, 0.3) is 0 Å². The highest BCUT2D eigenvalue weighted by molar-refractivity contribution is 5.83. The average Bonchev–Trinajstić information content (AvgIpc) is 2.36. The summed E-state index contributed by atoms with van der Waals surface area (Å²) in [6.07, 6.45) is 0. The lowest BCUT2D eigenvalue weighted by atomic mass is 10.0. The van der Waals surface area contributed by atoms with Crippen molar-refractivity contribution < 1.29 is 23.8 Å². The van der Waals surface area contributed by atoms with Crippen molar-refractivity contribution in [3.05, 3.63) is 35.6 Å². The minimum atomic E-state index is -1.06. The first-order valence-corrected chi connectivity index (χ1v) is 5.83. The number of ether oxygens (including phenoxy) is 1. The molecular formula is C13H16FNO4. The Morgan fingerprint density at radius 1 is 1.47 bits per heavy atom. The van der Waals surface area contributed by atoms with Crippen molar-refractivity contribution in [2.45, 2.75) is 12.8 Å². The fraction of sp³-hybridized carbons (Fsp3) is 0.385. The van der Waals surface area contributed by atoms with Gasteiger partial charge >= 0.3 is 5.97 Å². The van der Waals surface area contributed by atoms with Crippen LogP contribution >= 0.6 is 0 Å². The molecule has 1 aromatic rings. The lowest BCUT2D eigenvalue weighted by Gasteiger charge is -2.12. The number of hydrogen-bond donors (Lipinski definition) is 2. The molecular weight excluding hydrogens is 253 g/mol. The predicted octanol–water partition coefficient (Wildman–Crippen LogP) is 1.15. The van der Waals surface area contributed by atoms with Gasteiger partial charge in [-0.15, -0.1) is 0 Å². The van der Waals surface area contributed by atoms with E-state index in [1.807, 2.05) is 0 Å². The van der Waals surface area contributed by atoms with E-state index < -0.39 is 18.5 Å². The number of nitrogens with one attached hydrogen (secondary N) is 1. The van der Waals surface area contributed by atoms with Gasteiger partial charge in [0.2, 0.25) is 5.91 Å². The zero-order valence-electron chi connectivity index (χ0n) is 10.6. The molecule has 19 heavy (non-hydrogen) atoms. The Balaban J connectivity index is 2.35. The lowest BCUT2D eigenvalue weighted by molar-refractivity contribution is -0.142. The molecule has 0 radical (unpaired) electrons. The molecule has 0 fully saturated rings. The predicted molar refractivity (Wildman–Crippen MR) is 66.3 cm³/mol. The van der Waals surface area contributed by atoms with Gasteiger partial charge in [0.05, 0.1) is 12.5 Å². The van der Waals surface area contributed by atoms with Gasteiger partial charge in [0.15, 0.2) is 0 Å². The number of hydrogen-bond acceptors (Lipinski definition) is 3. The second kappa shape index (κ2) is 7.48. The Labute approximate surface area is 110 Å². The molecule has 2 N–H and O–H groups in total. The van der Waals surface area contributed by atoms with Crippen LogP contribution in [0.3, 0.4) is 0 Å². The second-order valence-corrected chi connectivity index (χ2v) is 4.01. The molecule has 0 aliphatic heterocycles. The Morgan fingerprint density at radius 3 is 2.84 bits per heavy atom. The number of carbonyl (C=O) groups is 2. The molecule has 1 aromatic carbocycles. The number of amides is 1. The summed E-state index contributed by atoms with van der Waals surface area (Å²) < 4.78 is 17.8. The lowest BCUT2D eigenvalue weighted by Crippen LogP contribution is -2.31. The summed E-state index contributed by atoms with van der Waals surface area (Å²) in [6, 6.07) is 5.84. The van der Waals surface area contributed by atoms with E-state index in [0.29, 0.717) is 5.56 Å². The van der Waals surface area contributed by atoms with Crippen molar-refractivity contribution in [1.82, 2.24) is 5.32 Å². The molecule has 1 rings (SSSR count). The fourth-order valence-corrected chi connectivity index (χ4v) is 1.49. The molecule has 5 nitrogen and oxygen atoms in total. The maximum absolute atomic E-state index is 13.0. The molecule has 0 aliphatic rings. The van der Waals surface area contributed by atoms with Crippen LogP contribution in [-0.2, 0) is 14.3 Å². The largest absolute Gasteiger partial charge is 0.480 e. The normalized spacial score (nSPS) is 11.9. The zero-order chi connectivity index (χ0) is 14.3. The first-order chi connectivity index (χ1) is 9.00. The number of benzene rings is 1. The third-order valence-corrected chi connectivity index (χ3v) is 2.51. The third-order valence-electron chi connectivity index (χ3n) is 2.51. The average molecular weight is 269 g/mol. The van der Waals surface area contributed by atoms with Gasteiger partial charge in [-0.1, -0.05) is 12.1 Å². The molecule has 0 heterocycles. The van der Waals surface area contributed by atoms with Gasteiger partial charge in [0, 0.05) is 6.54 Å². The summed E-state index contributed by atoms with van der Waals surface area (Å²) in [7, 11) is 0. The van der Waals surface area contributed by atoms with Crippen LogP contribution in [-0.4, -0.2) is 36.7 Å². The maximum Gasteiger partial charge on any atom is 0.329 e. The summed E-state index contributed by atoms with van der Waals surface area (Å²) in [4.78, 5) is 21.9. The van der Waals surface area contributed by atoms with Gasteiger partial charge in [0.25, 0.3) is 0 Å². The SMILES string of the molecule is CC(C(=O)NCCOCC(=O)O)c1cccc(F)c1. The van der Waals surface area contributed by atoms with Crippen molar-refractivity contribution in [3.8, 4) is 0 Å². The number of carbonyl (C=O) groups excluding carboxylic acids is 1. The molecule has 6 heteroatoms. The summed E-state index contributed by atoms with van der Waals surface area (Å²) in [5.74, 6) is -2.18. The Morgan fingerprint density at radius 2 is 2.21 bits per heavy atom. The van der Waals surface area contributed by atoms with E-state index in [9.17, 15) is 14.0 Å².